The van der Waals surface area contributed by atoms with Crippen LogP contribution in [-0.2, 0) is 16.2 Å². The fraction of sp³-hybridized carbons (Fsp3) is 0.127. The van der Waals surface area contributed by atoms with Crippen molar-refractivity contribution in [1.82, 2.24) is 0 Å². The van der Waals surface area contributed by atoms with E-state index in [1.54, 1.807) is 0 Å². The standard InChI is InChI=1S/C55H45N/c1-53(2)49-24-14-13-23-47(49)48-36-35-46(37-52(48)53)56(44-31-27-40(28-32-44)39-17-7-4-8-18-39)45-33-29-41(30-34-45)54(3)38-55(42-19-9-5-10-20-42,43-21-11-6-12-22-43)51-26-16-15-25-50(51)54/h4-37H,38H2,1-3H3. The summed E-state index contributed by atoms with van der Waals surface area (Å²) in [7, 11) is 0. The highest BCUT2D eigenvalue weighted by atomic mass is 15.1. The van der Waals surface area contributed by atoms with Gasteiger partial charge in [-0.05, 0) is 104 Å². The molecule has 1 atom stereocenters. The average molecular weight is 720 g/mol. The fourth-order valence-corrected chi connectivity index (χ4v) is 10.1. The summed E-state index contributed by atoms with van der Waals surface area (Å²) in [5.74, 6) is 0. The Morgan fingerprint density at radius 1 is 0.357 bits per heavy atom. The van der Waals surface area contributed by atoms with E-state index >= 15 is 0 Å². The third kappa shape index (κ3) is 5.22. The van der Waals surface area contributed by atoms with Crippen molar-refractivity contribution in [2.75, 3.05) is 4.90 Å². The van der Waals surface area contributed by atoms with Crippen LogP contribution in [0.1, 0.15) is 66.1 Å². The van der Waals surface area contributed by atoms with Crippen LogP contribution in [0.15, 0.2) is 206 Å². The van der Waals surface area contributed by atoms with Crippen molar-refractivity contribution in [2.24, 2.45) is 0 Å². The highest BCUT2D eigenvalue weighted by molar-refractivity contribution is 5.86. The van der Waals surface area contributed by atoms with E-state index in [9.17, 15) is 0 Å². The zero-order chi connectivity index (χ0) is 37.9. The lowest BCUT2D eigenvalue weighted by Crippen LogP contribution is -2.30. The Morgan fingerprint density at radius 2 is 0.821 bits per heavy atom. The molecule has 0 heterocycles. The van der Waals surface area contributed by atoms with Crippen LogP contribution in [0.4, 0.5) is 17.1 Å². The molecule has 0 spiro atoms. The Bertz CT molecular complexity index is 2640. The Balaban J connectivity index is 1.09. The normalized spacial score (nSPS) is 17.1. The first-order chi connectivity index (χ1) is 27.4. The second kappa shape index (κ2) is 13.1. The highest BCUT2D eigenvalue weighted by Gasteiger charge is 2.52. The quantitative estimate of drug-likeness (QED) is 0.159. The lowest BCUT2D eigenvalue weighted by atomic mass is 9.67. The molecule has 0 N–H and O–H groups in total. The smallest absolute Gasteiger partial charge is 0.0466 e. The molecule has 0 saturated heterocycles. The Labute approximate surface area is 331 Å². The molecule has 1 heteroatoms. The third-order valence-corrected chi connectivity index (χ3v) is 13.0. The van der Waals surface area contributed by atoms with Crippen LogP contribution >= 0.6 is 0 Å². The van der Waals surface area contributed by atoms with Gasteiger partial charge >= 0.3 is 0 Å². The van der Waals surface area contributed by atoms with Gasteiger partial charge in [-0.25, -0.2) is 0 Å². The summed E-state index contributed by atoms with van der Waals surface area (Å²) in [5, 5.41) is 0. The molecule has 0 fully saturated rings. The zero-order valence-electron chi connectivity index (χ0n) is 32.3. The van der Waals surface area contributed by atoms with Crippen molar-refractivity contribution in [3.8, 4) is 22.3 Å². The topological polar surface area (TPSA) is 3.24 Å². The van der Waals surface area contributed by atoms with Crippen LogP contribution in [0.3, 0.4) is 0 Å². The molecule has 0 radical (unpaired) electrons. The Morgan fingerprint density at radius 3 is 1.45 bits per heavy atom. The number of fused-ring (bicyclic) bond motifs is 4. The molecule has 0 aromatic heterocycles. The zero-order valence-corrected chi connectivity index (χ0v) is 32.3. The summed E-state index contributed by atoms with van der Waals surface area (Å²) in [6.45, 7) is 7.18. The van der Waals surface area contributed by atoms with Crippen molar-refractivity contribution < 1.29 is 0 Å². The van der Waals surface area contributed by atoms with Crippen molar-refractivity contribution in [3.05, 3.63) is 245 Å². The van der Waals surface area contributed by atoms with Gasteiger partial charge in [0.05, 0.1) is 0 Å². The monoisotopic (exact) mass is 719 g/mol. The molecule has 0 amide bonds. The molecule has 10 rings (SSSR count). The first kappa shape index (κ1) is 34.1. The maximum Gasteiger partial charge on any atom is 0.0466 e. The fourth-order valence-electron chi connectivity index (χ4n) is 10.1. The summed E-state index contributed by atoms with van der Waals surface area (Å²) in [6, 6.07) is 76.5. The summed E-state index contributed by atoms with van der Waals surface area (Å²) < 4.78 is 0. The Kier molecular flexibility index (Phi) is 7.97. The summed E-state index contributed by atoms with van der Waals surface area (Å²) in [6.07, 6.45) is 0.942. The Hall–Kier alpha value is -6.44. The highest BCUT2D eigenvalue weighted by Crippen LogP contribution is 2.59. The lowest BCUT2D eigenvalue weighted by molar-refractivity contribution is 0.473. The van der Waals surface area contributed by atoms with Crippen molar-refractivity contribution >= 4 is 17.1 Å². The second-order valence-corrected chi connectivity index (χ2v) is 16.4. The van der Waals surface area contributed by atoms with E-state index in [-0.39, 0.29) is 16.2 Å². The maximum absolute atomic E-state index is 2.45. The van der Waals surface area contributed by atoms with Gasteiger partial charge in [-0.15, -0.1) is 0 Å². The second-order valence-electron chi connectivity index (χ2n) is 16.4. The molecular formula is C55H45N. The summed E-state index contributed by atoms with van der Waals surface area (Å²) in [4.78, 5) is 2.43. The third-order valence-electron chi connectivity index (χ3n) is 13.0. The number of hydrogen-bond acceptors (Lipinski definition) is 1. The van der Waals surface area contributed by atoms with Gasteiger partial charge in [0.25, 0.3) is 0 Å². The van der Waals surface area contributed by atoms with E-state index in [0.717, 1.165) is 23.5 Å². The largest absolute Gasteiger partial charge is 0.310 e. The molecule has 8 aromatic carbocycles. The molecular weight excluding hydrogens is 675 g/mol. The van der Waals surface area contributed by atoms with E-state index in [1.807, 2.05) is 0 Å². The predicted molar refractivity (Wildman–Crippen MR) is 234 cm³/mol. The van der Waals surface area contributed by atoms with Gasteiger partial charge in [0.2, 0.25) is 0 Å². The molecule has 0 saturated carbocycles. The summed E-state index contributed by atoms with van der Waals surface area (Å²) in [5.41, 5.74) is 17.5. The molecule has 270 valence electrons. The number of benzene rings is 8. The van der Waals surface area contributed by atoms with Gasteiger partial charge in [-0.1, -0.05) is 191 Å². The van der Waals surface area contributed by atoms with Gasteiger partial charge in [-0.3, -0.25) is 0 Å². The molecule has 2 aliphatic rings. The van der Waals surface area contributed by atoms with E-state index < -0.39 is 0 Å². The van der Waals surface area contributed by atoms with E-state index in [1.165, 1.54) is 61.2 Å². The van der Waals surface area contributed by atoms with Crippen molar-refractivity contribution in [3.63, 3.8) is 0 Å². The molecule has 0 bridgehead atoms. The SMILES string of the molecule is CC1(C)c2ccccc2-c2ccc(N(c3ccc(-c4ccccc4)cc3)c3ccc(C4(C)CC(c5ccccc5)(c5ccccc5)c5ccccc54)cc3)cc21. The van der Waals surface area contributed by atoms with Crippen molar-refractivity contribution in [1.29, 1.82) is 0 Å². The van der Waals surface area contributed by atoms with Crippen LogP contribution in [0.2, 0.25) is 0 Å². The van der Waals surface area contributed by atoms with Gasteiger partial charge < -0.3 is 4.90 Å². The number of hydrogen-bond donors (Lipinski definition) is 0. The average Bonchev–Trinajstić information content (AvgIpc) is 3.68. The van der Waals surface area contributed by atoms with Gasteiger partial charge in [-0.2, -0.15) is 0 Å². The predicted octanol–water partition coefficient (Wildman–Crippen LogP) is 14.2. The van der Waals surface area contributed by atoms with Crippen LogP contribution < -0.4 is 4.90 Å². The van der Waals surface area contributed by atoms with Gasteiger partial charge in [0.15, 0.2) is 0 Å². The van der Waals surface area contributed by atoms with Gasteiger partial charge in [0, 0.05) is 33.3 Å². The molecule has 0 aliphatic heterocycles. The van der Waals surface area contributed by atoms with Crippen LogP contribution in [0.25, 0.3) is 22.3 Å². The molecule has 2 aliphatic carbocycles. The minimum Gasteiger partial charge on any atom is -0.310 e. The molecule has 1 nitrogen and oxygen atoms in total. The molecule has 1 unspecified atom stereocenters. The first-order valence-electron chi connectivity index (χ1n) is 19.9. The number of nitrogens with zero attached hydrogens (tertiary/aromatic N) is 1. The van der Waals surface area contributed by atoms with E-state index in [4.69, 9.17) is 0 Å². The minimum absolute atomic E-state index is 0.0942. The molecule has 8 aromatic rings. The van der Waals surface area contributed by atoms with Crippen LogP contribution in [0.5, 0.6) is 0 Å². The van der Waals surface area contributed by atoms with Crippen molar-refractivity contribution in [2.45, 2.75) is 43.4 Å². The van der Waals surface area contributed by atoms with E-state index in [2.05, 4.69) is 232 Å². The minimum atomic E-state index is -0.270. The van der Waals surface area contributed by atoms with Crippen LogP contribution in [0, 0.1) is 0 Å². The molecule has 56 heavy (non-hydrogen) atoms. The van der Waals surface area contributed by atoms with Crippen LogP contribution in [-0.4, -0.2) is 0 Å². The first-order valence-corrected chi connectivity index (χ1v) is 19.9. The number of anilines is 3. The summed E-state index contributed by atoms with van der Waals surface area (Å²) >= 11 is 0. The van der Waals surface area contributed by atoms with E-state index in [0.29, 0.717) is 0 Å². The number of rotatable bonds is 7. The lowest BCUT2D eigenvalue weighted by Gasteiger charge is -2.35. The maximum atomic E-state index is 2.45. The van der Waals surface area contributed by atoms with Gasteiger partial charge in [0.1, 0.15) is 0 Å².